The first-order chi connectivity index (χ1) is 12.0. The number of rotatable bonds is 5. The lowest BCUT2D eigenvalue weighted by atomic mass is 10.1. The number of anilines is 1. The number of ether oxygens (including phenoxy) is 1. The summed E-state index contributed by atoms with van der Waals surface area (Å²) in [6.07, 6.45) is -3.88. The molecule has 0 aliphatic carbocycles. The lowest BCUT2D eigenvalue weighted by molar-refractivity contribution is -0.139. The van der Waals surface area contributed by atoms with E-state index in [-0.39, 0.29) is 24.9 Å². The predicted molar refractivity (Wildman–Crippen MR) is 85.2 cm³/mol. The zero-order valence-electron chi connectivity index (χ0n) is 13.4. The minimum absolute atomic E-state index is 0.00826. The second-order valence-corrected chi connectivity index (χ2v) is 5.98. The van der Waals surface area contributed by atoms with Crippen LogP contribution in [0.25, 0.3) is 0 Å². The van der Waals surface area contributed by atoms with Gasteiger partial charge in [-0.2, -0.15) is 13.2 Å². The summed E-state index contributed by atoms with van der Waals surface area (Å²) in [5.74, 6) is -0.335. The summed E-state index contributed by atoms with van der Waals surface area (Å²) >= 11 is 0. The topological polar surface area (TPSA) is 58.5 Å². The molecule has 5 nitrogen and oxygen atoms in total. The maximum absolute atomic E-state index is 13.4. The van der Waals surface area contributed by atoms with Gasteiger partial charge in [0.1, 0.15) is 12.2 Å². The highest BCUT2D eigenvalue weighted by atomic mass is 19.4. The third-order valence-corrected chi connectivity index (χ3v) is 4.14. The first-order valence-corrected chi connectivity index (χ1v) is 7.95. The van der Waals surface area contributed by atoms with Crippen molar-refractivity contribution in [2.45, 2.75) is 19.2 Å². The second kappa shape index (κ2) is 7.26. The minimum atomic E-state index is -4.59. The van der Waals surface area contributed by atoms with E-state index in [2.05, 4.69) is 10.2 Å². The first-order valence-electron chi connectivity index (χ1n) is 7.95. The third kappa shape index (κ3) is 4.19. The monoisotopic (exact) mass is 353 g/mol. The largest absolute Gasteiger partial charge is 0.471 e. The van der Waals surface area contributed by atoms with Crippen molar-refractivity contribution in [3.63, 3.8) is 0 Å². The van der Waals surface area contributed by atoms with Crippen LogP contribution in [-0.4, -0.2) is 35.0 Å². The van der Waals surface area contributed by atoms with Crippen molar-refractivity contribution in [2.75, 3.05) is 24.6 Å². The number of nitrogens with zero attached hydrogens (tertiary/aromatic N) is 3. The molecular formula is C17H18F3N3O2. The van der Waals surface area contributed by atoms with Gasteiger partial charge in [0, 0.05) is 31.7 Å². The zero-order valence-corrected chi connectivity index (χ0v) is 13.4. The highest BCUT2D eigenvalue weighted by molar-refractivity contribution is 5.45. The zero-order chi connectivity index (χ0) is 17.9. The van der Waals surface area contributed by atoms with Crippen molar-refractivity contribution in [2.24, 2.45) is 5.92 Å². The fourth-order valence-electron chi connectivity index (χ4n) is 2.75. The van der Waals surface area contributed by atoms with Crippen LogP contribution in [-0.2, 0) is 12.8 Å². The van der Waals surface area contributed by atoms with Crippen LogP contribution in [0, 0.1) is 5.92 Å². The molecule has 1 N–H and O–H groups in total. The number of halogens is 3. The summed E-state index contributed by atoms with van der Waals surface area (Å²) in [7, 11) is 0. The molecule has 1 aliphatic heterocycles. The van der Waals surface area contributed by atoms with E-state index < -0.39 is 17.6 Å². The lowest BCUT2D eigenvalue weighted by Gasteiger charge is -2.19. The average Bonchev–Trinajstić information content (AvgIpc) is 3.09. The van der Waals surface area contributed by atoms with E-state index >= 15 is 0 Å². The Morgan fingerprint density at radius 3 is 2.60 bits per heavy atom. The molecule has 0 unspecified atom stereocenters. The van der Waals surface area contributed by atoms with Crippen LogP contribution in [0.15, 0.2) is 36.4 Å². The summed E-state index contributed by atoms with van der Waals surface area (Å²) < 4.78 is 45.4. The Morgan fingerprint density at radius 1 is 1.20 bits per heavy atom. The van der Waals surface area contributed by atoms with Gasteiger partial charge in [-0.1, -0.05) is 30.3 Å². The van der Waals surface area contributed by atoms with Crippen molar-refractivity contribution < 1.29 is 23.0 Å². The van der Waals surface area contributed by atoms with E-state index in [0.717, 1.165) is 11.6 Å². The van der Waals surface area contributed by atoms with Crippen molar-refractivity contribution in [3.05, 3.63) is 47.5 Å². The normalized spacial score (nSPS) is 17.8. The minimum Gasteiger partial charge on any atom is -0.471 e. The van der Waals surface area contributed by atoms with Gasteiger partial charge in [0.15, 0.2) is 5.82 Å². The molecule has 0 radical (unpaired) electrons. The smallest absolute Gasteiger partial charge is 0.421 e. The quantitative estimate of drug-likeness (QED) is 0.896. The molecular weight excluding hydrogens is 335 g/mol. The van der Waals surface area contributed by atoms with Crippen LogP contribution in [0.4, 0.5) is 19.0 Å². The van der Waals surface area contributed by atoms with E-state index in [4.69, 9.17) is 4.74 Å². The molecule has 0 spiro atoms. The molecule has 1 aliphatic rings. The maximum atomic E-state index is 13.4. The highest BCUT2D eigenvalue weighted by Crippen LogP contribution is 2.37. The SMILES string of the molecule is OC[C@@H]1CCN(c2cc(C(F)(F)F)c(OCc3ccccc3)nn2)C1. The van der Waals surface area contributed by atoms with Crippen LogP contribution in [0.1, 0.15) is 17.5 Å². The summed E-state index contributed by atoms with van der Waals surface area (Å²) in [6.45, 7) is 0.997. The van der Waals surface area contributed by atoms with E-state index in [1.165, 1.54) is 0 Å². The predicted octanol–water partition coefficient (Wildman–Crippen LogP) is 2.89. The highest BCUT2D eigenvalue weighted by Gasteiger charge is 2.37. The van der Waals surface area contributed by atoms with Gasteiger partial charge in [0.05, 0.1) is 0 Å². The molecule has 1 aromatic heterocycles. The van der Waals surface area contributed by atoms with Gasteiger partial charge in [-0.05, 0) is 12.0 Å². The molecule has 8 heteroatoms. The fraction of sp³-hybridized carbons (Fsp3) is 0.412. The van der Waals surface area contributed by atoms with E-state index in [0.29, 0.717) is 19.5 Å². The third-order valence-electron chi connectivity index (χ3n) is 4.14. The Bertz CT molecular complexity index is 710. The molecule has 0 bridgehead atoms. The van der Waals surface area contributed by atoms with Gasteiger partial charge in [-0.3, -0.25) is 0 Å². The van der Waals surface area contributed by atoms with Crippen molar-refractivity contribution in [3.8, 4) is 5.88 Å². The van der Waals surface area contributed by atoms with Gasteiger partial charge in [0.25, 0.3) is 0 Å². The average molecular weight is 353 g/mol. The summed E-state index contributed by atoms with van der Waals surface area (Å²) in [4.78, 5) is 1.70. The van der Waals surface area contributed by atoms with Crippen LogP contribution >= 0.6 is 0 Å². The van der Waals surface area contributed by atoms with Crippen LogP contribution in [0.2, 0.25) is 0 Å². The Kier molecular flexibility index (Phi) is 5.08. The van der Waals surface area contributed by atoms with Gasteiger partial charge in [0.2, 0.25) is 5.88 Å². The van der Waals surface area contributed by atoms with Crippen molar-refractivity contribution in [1.82, 2.24) is 10.2 Å². The van der Waals surface area contributed by atoms with Gasteiger partial charge >= 0.3 is 6.18 Å². The lowest BCUT2D eigenvalue weighted by Crippen LogP contribution is -2.23. The molecule has 1 saturated heterocycles. The standard InChI is InChI=1S/C17H18F3N3O2/c18-17(19,20)14-8-15(23-7-6-13(9-23)10-24)21-22-16(14)25-11-12-4-2-1-3-5-12/h1-5,8,13,24H,6-7,9-11H2/t13-/m1/s1. The van der Waals surface area contributed by atoms with Gasteiger partial charge < -0.3 is 14.7 Å². The molecule has 3 rings (SSSR count). The molecule has 0 saturated carbocycles. The fourth-order valence-corrected chi connectivity index (χ4v) is 2.75. The molecule has 0 amide bonds. The number of hydrogen-bond acceptors (Lipinski definition) is 5. The van der Waals surface area contributed by atoms with Crippen molar-refractivity contribution >= 4 is 5.82 Å². The molecule has 2 aromatic rings. The first kappa shape index (κ1) is 17.5. The maximum Gasteiger partial charge on any atom is 0.421 e. The molecule has 25 heavy (non-hydrogen) atoms. The van der Waals surface area contributed by atoms with Crippen LogP contribution < -0.4 is 9.64 Å². The van der Waals surface area contributed by atoms with Gasteiger partial charge in [-0.15, -0.1) is 10.2 Å². The van der Waals surface area contributed by atoms with Crippen molar-refractivity contribution in [1.29, 1.82) is 0 Å². The number of benzene rings is 1. The molecule has 134 valence electrons. The number of aliphatic hydroxyl groups excluding tert-OH is 1. The summed E-state index contributed by atoms with van der Waals surface area (Å²) in [5, 5.41) is 16.7. The summed E-state index contributed by atoms with van der Waals surface area (Å²) in [5.41, 5.74) is -0.201. The molecule has 1 aromatic carbocycles. The number of hydrogen-bond donors (Lipinski definition) is 1. The molecule has 1 atom stereocenters. The number of aromatic nitrogens is 2. The van der Waals surface area contributed by atoms with E-state index in [9.17, 15) is 18.3 Å². The van der Waals surface area contributed by atoms with E-state index in [1.54, 1.807) is 29.2 Å². The summed E-state index contributed by atoms with van der Waals surface area (Å²) in [6, 6.07) is 9.86. The second-order valence-electron chi connectivity index (χ2n) is 5.98. The Labute approximate surface area is 143 Å². The number of alkyl halides is 3. The Hall–Kier alpha value is -2.35. The Balaban J connectivity index is 1.81. The van der Waals surface area contributed by atoms with Crippen LogP contribution in [0.3, 0.4) is 0 Å². The number of aliphatic hydroxyl groups is 1. The van der Waals surface area contributed by atoms with Crippen LogP contribution in [0.5, 0.6) is 5.88 Å². The molecule has 1 fully saturated rings. The van der Waals surface area contributed by atoms with E-state index in [1.807, 2.05) is 6.07 Å². The Morgan fingerprint density at radius 2 is 1.96 bits per heavy atom. The molecule has 2 heterocycles. The van der Waals surface area contributed by atoms with Gasteiger partial charge in [-0.25, -0.2) is 0 Å².